The molecule has 1 saturated heterocycles. The van der Waals surface area contributed by atoms with Gasteiger partial charge in [0.05, 0.1) is 11.9 Å². The maximum Gasteiger partial charge on any atom is 0.327 e. The Kier molecular flexibility index (Phi) is 4.41. The zero-order valence-corrected chi connectivity index (χ0v) is 9.50. The zero-order chi connectivity index (χ0) is 11.4. The maximum absolute atomic E-state index is 11.5. The molecule has 0 spiro atoms. The molecule has 6 heteroatoms. The van der Waals surface area contributed by atoms with Crippen LogP contribution in [0, 0.1) is 0 Å². The minimum atomic E-state index is -0.942. The number of amides is 1. The topological polar surface area (TPSA) is 83.6 Å². The summed E-state index contributed by atoms with van der Waals surface area (Å²) in [7, 11) is 0. The summed E-state index contributed by atoms with van der Waals surface area (Å²) in [5.41, 5.74) is 5.28. The van der Waals surface area contributed by atoms with Gasteiger partial charge >= 0.3 is 5.97 Å². The van der Waals surface area contributed by atoms with E-state index in [0.29, 0.717) is 5.75 Å². The van der Waals surface area contributed by atoms with E-state index in [1.54, 1.807) is 0 Å². The highest BCUT2D eigenvalue weighted by Gasteiger charge is 2.40. The van der Waals surface area contributed by atoms with E-state index in [-0.39, 0.29) is 17.8 Å². The average Bonchev–Trinajstić information content (AvgIpc) is 2.61. The lowest BCUT2D eigenvalue weighted by atomic mass is 10.2. The summed E-state index contributed by atoms with van der Waals surface area (Å²) in [5, 5.41) is 8.94. The normalized spacial score (nSPS) is 25.6. The maximum atomic E-state index is 11.5. The Morgan fingerprint density at radius 3 is 2.73 bits per heavy atom. The molecule has 1 fully saturated rings. The number of hydrogen-bond donors (Lipinski definition) is 2. The van der Waals surface area contributed by atoms with Gasteiger partial charge < -0.3 is 15.7 Å². The van der Waals surface area contributed by atoms with Gasteiger partial charge in [0.15, 0.2) is 0 Å². The molecule has 0 aromatic rings. The number of aliphatic carboxylic acids is 1. The minimum absolute atomic E-state index is 0.0212. The van der Waals surface area contributed by atoms with Crippen LogP contribution < -0.4 is 5.73 Å². The van der Waals surface area contributed by atoms with Crippen molar-refractivity contribution in [2.45, 2.75) is 31.2 Å². The molecule has 1 heterocycles. The molecule has 5 nitrogen and oxygen atoms in total. The summed E-state index contributed by atoms with van der Waals surface area (Å²) < 4.78 is 0. The van der Waals surface area contributed by atoms with Crippen LogP contribution in [0.15, 0.2) is 0 Å². The molecular weight excluding hydrogens is 216 g/mol. The Hall–Kier alpha value is -0.750. The third-order valence-electron chi connectivity index (χ3n) is 2.38. The number of nitrogens with two attached hydrogens (primary N) is 1. The van der Waals surface area contributed by atoms with Crippen LogP contribution in [-0.2, 0) is 9.59 Å². The molecule has 15 heavy (non-hydrogen) atoms. The lowest BCUT2D eigenvalue weighted by Gasteiger charge is -2.26. The average molecular weight is 232 g/mol. The predicted octanol–water partition coefficient (Wildman–Crippen LogP) is 0.0999. The largest absolute Gasteiger partial charge is 0.480 e. The molecule has 0 radical (unpaired) electrons. The van der Waals surface area contributed by atoms with Gasteiger partial charge in [0, 0.05) is 5.75 Å². The van der Waals surface area contributed by atoms with E-state index >= 15 is 0 Å². The molecule has 3 N–H and O–H groups in total. The molecule has 0 saturated carbocycles. The van der Waals surface area contributed by atoms with E-state index in [1.165, 1.54) is 16.7 Å². The molecule has 1 aliphatic heterocycles. The van der Waals surface area contributed by atoms with E-state index in [9.17, 15) is 9.59 Å². The van der Waals surface area contributed by atoms with Crippen LogP contribution in [-0.4, -0.2) is 45.6 Å². The van der Waals surface area contributed by atoms with Crippen LogP contribution in [0.5, 0.6) is 0 Å². The minimum Gasteiger partial charge on any atom is -0.480 e. The molecule has 0 bridgehead atoms. The first kappa shape index (κ1) is 12.3. The molecule has 1 amide bonds. The fourth-order valence-electron chi connectivity index (χ4n) is 1.66. The zero-order valence-electron chi connectivity index (χ0n) is 8.68. The lowest BCUT2D eigenvalue weighted by molar-refractivity contribution is -0.148. The summed E-state index contributed by atoms with van der Waals surface area (Å²) in [4.78, 5) is 23.9. The number of hydrogen-bond acceptors (Lipinski definition) is 4. The highest BCUT2D eigenvalue weighted by molar-refractivity contribution is 8.00. The number of carboxylic acids is 1. The first-order valence-corrected chi connectivity index (χ1v) is 6.02. The van der Waals surface area contributed by atoms with Crippen molar-refractivity contribution in [1.29, 1.82) is 0 Å². The summed E-state index contributed by atoms with van der Waals surface area (Å²) in [6.45, 7) is 1.89. The number of thioether (sulfide) groups is 1. The highest BCUT2D eigenvalue weighted by Crippen LogP contribution is 2.32. The molecule has 1 rings (SSSR count). The van der Waals surface area contributed by atoms with Gasteiger partial charge in [-0.05, 0) is 6.42 Å². The van der Waals surface area contributed by atoms with Crippen LogP contribution in [0.2, 0.25) is 0 Å². The van der Waals surface area contributed by atoms with Crippen LogP contribution in [0.1, 0.15) is 19.8 Å². The number of carbonyl (C=O) groups excluding carboxylic acids is 1. The van der Waals surface area contributed by atoms with Gasteiger partial charge in [0.2, 0.25) is 5.91 Å². The monoisotopic (exact) mass is 232 g/mol. The Balaban J connectivity index is 2.77. The SMILES string of the molecule is CCCC1SCC(C(=O)O)N1C(=O)CN. The molecule has 2 unspecified atom stereocenters. The van der Waals surface area contributed by atoms with Crippen molar-refractivity contribution in [3.63, 3.8) is 0 Å². The summed E-state index contributed by atoms with van der Waals surface area (Å²) in [6.07, 6.45) is 1.75. The van der Waals surface area contributed by atoms with Gasteiger partial charge in [0.1, 0.15) is 6.04 Å². The number of nitrogens with zero attached hydrogens (tertiary/aromatic N) is 1. The van der Waals surface area contributed by atoms with Gasteiger partial charge in [0.25, 0.3) is 0 Å². The second-order valence-electron chi connectivity index (χ2n) is 3.44. The molecule has 2 atom stereocenters. The van der Waals surface area contributed by atoms with E-state index < -0.39 is 12.0 Å². The van der Waals surface area contributed by atoms with Crippen molar-refractivity contribution >= 4 is 23.6 Å². The van der Waals surface area contributed by atoms with E-state index in [4.69, 9.17) is 10.8 Å². The first-order chi connectivity index (χ1) is 7.11. The Morgan fingerprint density at radius 2 is 2.27 bits per heavy atom. The summed E-state index contributed by atoms with van der Waals surface area (Å²) >= 11 is 1.52. The highest BCUT2D eigenvalue weighted by atomic mass is 32.2. The van der Waals surface area contributed by atoms with Crippen LogP contribution in [0.4, 0.5) is 0 Å². The van der Waals surface area contributed by atoms with Crippen LogP contribution >= 0.6 is 11.8 Å². The van der Waals surface area contributed by atoms with Crippen LogP contribution in [0.25, 0.3) is 0 Å². The van der Waals surface area contributed by atoms with Gasteiger partial charge in [-0.3, -0.25) is 4.79 Å². The quantitative estimate of drug-likeness (QED) is 0.718. The fourth-order valence-corrected chi connectivity index (χ4v) is 3.20. The van der Waals surface area contributed by atoms with Crippen LogP contribution in [0.3, 0.4) is 0 Å². The van der Waals surface area contributed by atoms with Crippen molar-refractivity contribution in [3.05, 3.63) is 0 Å². The van der Waals surface area contributed by atoms with Gasteiger partial charge in [-0.25, -0.2) is 4.79 Å². The number of rotatable bonds is 4. The van der Waals surface area contributed by atoms with Gasteiger partial charge in [-0.2, -0.15) is 0 Å². The van der Waals surface area contributed by atoms with Crippen molar-refractivity contribution in [3.8, 4) is 0 Å². The van der Waals surface area contributed by atoms with Crippen molar-refractivity contribution in [1.82, 2.24) is 4.90 Å². The summed E-state index contributed by atoms with van der Waals surface area (Å²) in [6, 6.07) is -0.706. The smallest absolute Gasteiger partial charge is 0.327 e. The Morgan fingerprint density at radius 1 is 1.60 bits per heavy atom. The molecule has 86 valence electrons. The third kappa shape index (κ3) is 2.63. The Labute approximate surface area is 93.0 Å². The van der Waals surface area contributed by atoms with Gasteiger partial charge in [-0.1, -0.05) is 13.3 Å². The number of carboxylic acid groups (broad SMARTS) is 1. The van der Waals surface area contributed by atoms with Crippen molar-refractivity contribution < 1.29 is 14.7 Å². The van der Waals surface area contributed by atoms with E-state index in [1.807, 2.05) is 6.92 Å². The summed E-state index contributed by atoms with van der Waals surface area (Å²) in [5.74, 6) is -0.750. The van der Waals surface area contributed by atoms with E-state index in [2.05, 4.69) is 0 Å². The third-order valence-corrected chi connectivity index (χ3v) is 3.73. The fraction of sp³-hybridized carbons (Fsp3) is 0.778. The van der Waals surface area contributed by atoms with Crippen molar-refractivity contribution in [2.24, 2.45) is 5.73 Å². The Bertz CT molecular complexity index is 260. The lowest BCUT2D eigenvalue weighted by Crippen LogP contribution is -2.48. The standard InChI is InChI=1S/C9H16N2O3S/c1-2-3-8-11(7(12)4-10)6(5-15-8)9(13)14/h6,8H,2-5,10H2,1H3,(H,13,14). The first-order valence-electron chi connectivity index (χ1n) is 4.97. The molecule has 0 aliphatic carbocycles. The molecule has 0 aromatic carbocycles. The molecule has 0 aromatic heterocycles. The molecular formula is C9H16N2O3S. The second kappa shape index (κ2) is 5.37. The second-order valence-corrected chi connectivity index (χ2v) is 4.65. The molecule has 1 aliphatic rings. The van der Waals surface area contributed by atoms with Gasteiger partial charge in [-0.15, -0.1) is 11.8 Å². The van der Waals surface area contributed by atoms with E-state index in [0.717, 1.165) is 12.8 Å². The number of carbonyl (C=O) groups is 2. The predicted molar refractivity (Wildman–Crippen MR) is 58.5 cm³/mol. The van der Waals surface area contributed by atoms with Crippen molar-refractivity contribution in [2.75, 3.05) is 12.3 Å².